The maximum atomic E-state index is 13.0. The standard InChI is InChI=1S/C71H138O17P2/c1-6-9-12-15-18-21-24-27-31-36-40-45-50-55-69(74)82-61-67(88-71(76)57-52-47-42-37-32-29-26-25-28-30-33-38-43-48-53-64(4)5)63-86-90(79,80)84-59-65(72)58-83-89(77,78)85-62-66(87-70(75)56-51-46-41-35-23-20-17-14-11-8-3)60-81-68(73)54-49-44-39-34-22-19-16-13-10-7-2/h64-67,72H,6-63H2,1-5H3,(H,77,78)(H,79,80)/t65-,66+,67+/m0/s1. The van der Waals surface area contributed by atoms with Crippen LogP contribution in [0.15, 0.2) is 0 Å². The van der Waals surface area contributed by atoms with Gasteiger partial charge in [0.15, 0.2) is 12.2 Å². The quantitative estimate of drug-likeness (QED) is 0.0222. The number of carbonyl (C=O) groups is 4. The molecule has 0 saturated carbocycles. The van der Waals surface area contributed by atoms with Crippen LogP contribution in [-0.2, 0) is 65.4 Å². The molecule has 0 spiro atoms. The Morgan fingerprint density at radius 1 is 0.300 bits per heavy atom. The Morgan fingerprint density at radius 3 is 0.756 bits per heavy atom. The first-order valence-electron chi connectivity index (χ1n) is 37.1. The molecular weight excluding hydrogens is 1190 g/mol. The van der Waals surface area contributed by atoms with Gasteiger partial charge in [-0.3, -0.25) is 37.3 Å². The molecule has 2 unspecified atom stereocenters. The number of phosphoric ester groups is 2. The first-order valence-corrected chi connectivity index (χ1v) is 40.1. The summed E-state index contributed by atoms with van der Waals surface area (Å²) in [6, 6.07) is 0. The third kappa shape index (κ3) is 64.8. The van der Waals surface area contributed by atoms with Crippen molar-refractivity contribution in [3.8, 4) is 0 Å². The van der Waals surface area contributed by atoms with E-state index in [9.17, 15) is 43.2 Å². The lowest BCUT2D eigenvalue weighted by Crippen LogP contribution is -2.30. The first-order chi connectivity index (χ1) is 43.5. The Balaban J connectivity index is 5.22. The van der Waals surface area contributed by atoms with Crippen molar-refractivity contribution < 1.29 is 80.2 Å². The molecule has 0 radical (unpaired) electrons. The summed E-state index contributed by atoms with van der Waals surface area (Å²) in [6.45, 7) is 7.26. The highest BCUT2D eigenvalue weighted by Gasteiger charge is 2.30. The van der Waals surface area contributed by atoms with Crippen molar-refractivity contribution in [2.45, 2.75) is 387 Å². The Labute approximate surface area is 549 Å². The van der Waals surface area contributed by atoms with Gasteiger partial charge in [-0.25, -0.2) is 9.13 Å². The van der Waals surface area contributed by atoms with Gasteiger partial charge in [0.05, 0.1) is 26.4 Å². The third-order valence-corrected chi connectivity index (χ3v) is 18.4. The molecule has 0 saturated heterocycles. The molecule has 0 bridgehead atoms. The van der Waals surface area contributed by atoms with E-state index in [0.29, 0.717) is 25.7 Å². The van der Waals surface area contributed by atoms with Crippen LogP contribution in [0.25, 0.3) is 0 Å². The van der Waals surface area contributed by atoms with Crippen LogP contribution >= 0.6 is 15.6 Å². The highest BCUT2D eigenvalue weighted by Crippen LogP contribution is 2.45. The number of hydrogen-bond donors (Lipinski definition) is 3. The van der Waals surface area contributed by atoms with E-state index >= 15 is 0 Å². The van der Waals surface area contributed by atoms with Crippen LogP contribution in [0.5, 0.6) is 0 Å². The zero-order chi connectivity index (χ0) is 66.3. The molecule has 17 nitrogen and oxygen atoms in total. The van der Waals surface area contributed by atoms with E-state index in [1.165, 1.54) is 193 Å². The van der Waals surface area contributed by atoms with Crippen molar-refractivity contribution >= 4 is 39.5 Å². The summed E-state index contributed by atoms with van der Waals surface area (Å²) in [5.74, 6) is -1.32. The molecule has 534 valence electrons. The third-order valence-electron chi connectivity index (χ3n) is 16.5. The Kier molecular flexibility index (Phi) is 63.0. The number of aliphatic hydroxyl groups excluding tert-OH is 1. The summed E-state index contributed by atoms with van der Waals surface area (Å²) in [6.07, 6.45) is 51.2. The predicted molar refractivity (Wildman–Crippen MR) is 363 cm³/mol. The minimum absolute atomic E-state index is 0.107. The Hall–Kier alpha value is -1.94. The molecule has 90 heavy (non-hydrogen) atoms. The number of phosphoric acid groups is 2. The fraction of sp³-hybridized carbons (Fsp3) is 0.944. The maximum absolute atomic E-state index is 13.0. The normalized spacial score (nSPS) is 14.1. The minimum atomic E-state index is -4.95. The highest BCUT2D eigenvalue weighted by molar-refractivity contribution is 7.47. The summed E-state index contributed by atoms with van der Waals surface area (Å²) in [4.78, 5) is 72.5. The largest absolute Gasteiger partial charge is 0.472 e. The second-order valence-corrected chi connectivity index (χ2v) is 29.0. The SMILES string of the molecule is CCCCCCCCCCCCCCCC(=O)OC[C@H](COP(=O)(O)OC[C@@H](O)COP(=O)(O)OC[C@@H](COC(=O)CCCCCCCCCCCC)OC(=O)CCCCCCCCCCCC)OC(=O)CCCCCCCCCCCCCCCCC(C)C. The van der Waals surface area contributed by atoms with Crippen LogP contribution < -0.4 is 0 Å². The first kappa shape index (κ1) is 88.1. The van der Waals surface area contributed by atoms with E-state index in [0.717, 1.165) is 95.8 Å². The van der Waals surface area contributed by atoms with Gasteiger partial charge in [0.1, 0.15) is 19.3 Å². The van der Waals surface area contributed by atoms with Crippen LogP contribution in [0.3, 0.4) is 0 Å². The van der Waals surface area contributed by atoms with Gasteiger partial charge in [-0.05, 0) is 31.6 Å². The average molecular weight is 1330 g/mol. The van der Waals surface area contributed by atoms with Gasteiger partial charge < -0.3 is 33.8 Å². The zero-order valence-corrected chi connectivity index (χ0v) is 60.1. The van der Waals surface area contributed by atoms with E-state index < -0.39 is 97.5 Å². The number of aliphatic hydroxyl groups is 1. The van der Waals surface area contributed by atoms with Gasteiger partial charge in [0, 0.05) is 25.7 Å². The monoisotopic (exact) mass is 1320 g/mol. The van der Waals surface area contributed by atoms with Crippen molar-refractivity contribution in [3.63, 3.8) is 0 Å². The van der Waals surface area contributed by atoms with Gasteiger partial charge in [0.25, 0.3) is 0 Å². The zero-order valence-electron chi connectivity index (χ0n) is 58.3. The van der Waals surface area contributed by atoms with E-state index in [1.807, 2.05) is 0 Å². The van der Waals surface area contributed by atoms with Crippen molar-refractivity contribution in [3.05, 3.63) is 0 Å². The fourth-order valence-corrected chi connectivity index (χ4v) is 12.4. The summed E-state index contributed by atoms with van der Waals surface area (Å²) < 4.78 is 68.3. The van der Waals surface area contributed by atoms with E-state index in [1.54, 1.807) is 0 Å². The summed E-state index contributed by atoms with van der Waals surface area (Å²) in [7, 11) is -9.90. The number of unbranched alkanes of at least 4 members (excludes halogenated alkanes) is 43. The molecule has 0 amide bonds. The molecule has 0 fully saturated rings. The van der Waals surface area contributed by atoms with Gasteiger partial charge in [-0.15, -0.1) is 0 Å². The van der Waals surface area contributed by atoms with Crippen LogP contribution in [0.2, 0.25) is 0 Å². The van der Waals surface area contributed by atoms with Crippen molar-refractivity contribution in [1.29, 1.82) is 0 Å². The molecule has 0 aromatic heterocycles. The molecule has 3 N–H and O–H groups in total. The Morgan fingerprint density at radius 2 is 0.511 bits per heavy atom. The second-order valence-electron chi connectivity index (χ2n) is 26.1. The molecule has 19 heteroatoms. The average Bonchev–Trinajstić information content (AvgIpc) is 2.90. The maximum Gasteiger partial charge on any atom is 0.472 e. The predicted octanol–water partition coefficient (Wildman–Crippen LogP) is 20.5. The minimum Gasteiger partial charge on any atom is -0.462 e. The van der Waals surface area contributed by atoms with Gasteiger partial charge in [0.2, 0.25) is 0 Å². The lowest BCUT2D eigenvalue weighted by Gasteiger charge is -2.21. The smallest absolute Gasteiger partial charge is 0.462 e. The molecule has 0 rings (SSSR count). The molecular formula is C71H138O17P2. The number of carbonyl (C=O) groups excluding carboxylic acids is 4. The summed E-state index contributed by atoms with van der Waals surface area (Å²) in [5.41, 5.74) is 0. The number of ether oxygens (including phenoxy) is 4. The molecule has 0 heterocycles. The van der Waals surface area contributed by atoms with Gasteiger partial charge in [-0.1, -0.05) is 317 Å². The van der Waals surface area contributed by atoms with Crippen molar-refractivity contribution in [1.82, 2.24) is 0 Å². The topological polar surface area (TPSA) is 237 Å². The van der Waals surface area contributed by atoms with E-state index in [-0.39, 0.29) is 25.7 Å². The molecule has 0 aromatic carbocycles. The van der Waals surface area contributed by atoms with Crippen molar-refractivity contribution in [2.75, 3.05) is 39.6 Å². The number of esters is 4. The molecule has 0 aliphatic rings. The van der Waals surface area contributed by atoms with Crippen LogP contribution in [0, 0.1) is 5.92 Å². The van der Waals surface area contributed by atoms with Crippen LogP contribution in [0.4, 0.5) is 0 Å². The molecule has 0 aliphatic carbocycles. The van der Waals surface area contributed by atoms with E-state index in [4.69, 9.17) is 37.0 Å². The number of rotatable bonds is 71. The van der Waals surface area contributed by atoms with E-state index in [2.05, 4.69) is 34.6 Å². The fourth-order valence-electron chi connectivity index (χ4n) is 10.8. The lowest BCUT2D eigenvalue weighted by atomic mass is 10.0. The Bertz CT molecular complexity index is 1740. The van der Waals surface area contributed by atoms with Gasteiger partial charge >= 0.3 is 39.5 Å². The second kappa shape index (κ2) is 64.4. The summed E-state index contributed by atoms with van der Waals surface area (Å²) in [5, 5.41) is 10.6. The molecule has 0 aromatic rings. The van der Waals surface area contributed by atoms with Gasteiger partial charge in [-0.2, -0.15) is 0 Å². The van der Waals surface area contributed by atoms with Crippen LogP contribution in [0.1, 0.15) is 369 Å². The number of hydrogen-bond acceptors (Lipinski definition) is 15. The highest BCUT2D eigenvalue weighted by atomic mass is 31.2. The van der Waals surface area contributed by atoms with Crippen molar-refractivity contribution in [2.24, 2.45) is 5.92 Å². The molecule has 0 aliphatic heterocycles. The summed E-state index contributed by atoms with van der Waals surface area (Å²) >= 11 is 0. The lowest BCUT2D eigenvalue weighted by molar-refractivity contribution is -0.161. The molecule has 5 atom stereocenters. The van der Waals surface area contributed by atoms with Crippen LogP contribution in [-0.4, -0.2) is 96.7 Å².